The molecule has 94 valence electrons. The van der Waals surface area contributed by atoms with Crippen LogP contribution in [0, 0.1) is 0 Å². The fourth-order valence-electron chi connectivity index (χ4n) is 2.10. The number of carboxylic acids is 1. The van der Waals surface area contributed by atoms with Crippen molar-refractivity contribution in [3.05, 3.63) is 21.1 Å². The molecule has 0 bridgehead atoms. The standard InChI is InChI=1S/C11H9ClN2O2S2/c12-7-4-13-9(18-7)10-14-8-5(11(15)16)2-1-3-6(8)17-10/h4-5H,1-3H2,(H,15,16). The van der Waals surface area contributed by atoms with Gasteiger partial charge in [0, 0.05) is 4.88 Å². The number of aryl methyl sites for hydroxylation is 1. The Balaban J connectivity index is 2.03. The molecular formula is C11H9ClN2O2S2. The maximum Gasteiger partial charge on any atom is 0.312 e. The molecule has 3 rings (SSSR count). The fourth-order valence-corrected chi connectivity index (χ4v) is 4.21. The van der Waals surface area contributed by atoms with Crippen LogP contribution in [0.5, 0.6) is 0 Å². The Kier molecular flexibility index (Phi) is 3.09. The number of hydrogen-bond acceptors (Lipinski definition) is 5. The summed E-state index contributed by atoms with van der Waals surface area (Å²) in [6, 6.07) is 0. The van der Waals surface area contributed by atoms with Crippen LogP contribution in [0.25, 0.3) is 10.0 Å². The normalized spacial score (nSPS) is 18.6. The van der Waals surface area contributed by atoms with E-state index in [1.54, 1.807) is 6.20 Å². The monoisotopic (exact) mass is 300 g/mol. The molecule has 1 unspecified atom stereocenters. The highest BCUT2D eigenvalue weighted by atomic mass is 35.5. The molecule has 0 saturated carbocycles. The first-order valence-corrected chi connectivity index (χ1v) is 7.50. The SMILES string of the molecule is O=C(O)C1CCCc2sc(-c3ncc(Cl)s3)nc21. The van der Waals surface area contributed by atoms with Gasteiger partial charge < -0.3 is 5.11 Å². The van der Waals surface area contributed by atoms with E-state index >= 15 is 0 Å². The molecule has 0 spiro atoms. The van der Waals surface area contributed by atoms with E-state index in [1.165, 1.54) is 22.7 Å². The summed E-state index contributed by atoms with van der Waals surface area (Å²) in [5.74, 6) is -1.25. The summed E-state index contributed by atoms with van der Waals surface area (Å²) >= 11 is 8.76. The molecule has 0 radical (unpaired) electrons. The van der Waals surface area contributed by atoms with Crippen molar-refractivity contribution < 1.29 is 9.90 Å². The number of carbonyl (C=O) groups is 1. The van der Waals surface area contributed by atoms with Gasteiger partial charge in [-0.1, -0.05) is 22.9 Å². The number of thiazole rings is 2. The van der Waals surface area contributed by atoms with Crippen molar-refractivity contribution >= 4 is 40.2 Å². The van der Waals surface area contributed by atoms with Crippen LogP contribution in [0.2, 0.25) is 4.34 Å². The summed E-state index contributed by atoms with van der Waals surface area (Å²) in [6.07, 6.45) is 4.08. The lowest BCUT2D eigenvalue weighted by Crippen LogP contribution is -2.17. The minimum Gasteiger partial charge on any atom is -0.481 e. The van der Waals surface area contributed by atoms with E-state index < -0.39 is 11.9 Å². The van der Waals surface area contributed by atoms with Crippen molar-refractivity contribution in [2.24, 2.45) is 0 Å². The molecule has 1 atom stereocenters. The zero-order valence-electron chi connectivity index (χ0n) is 9.22. The van der Waals surface area contributed by atoms with E-state index in [9.17, 15) is 9.90 Å². The average Bonchev–Trinajstić information content (AvgIpc) is 2.93. The first-order chi connectivity index (χ1) is 8.65. The number of fused-ring (bicyclic) bond motifs is 1. The van der Waals surface area contributed by atoms with Gasteiger partial charge in [0.2, 0.25) is 0 Å². The minimum atomic E-state index is -0.787. The number of aliphatic carboxylic acids is 1. The highest BCUT2D eigenvalue weighted by Crippen LogP contribution is 2.39. The molecule has 1 aliphatic carbocycles. The van der Waals surface area contributed by atoms with Crippen LogP contribution in [0.1, 0.15) is 29.3 Å². The van der Waals surface area contributed by atoms with Crippen LogP contribution in [0.4, 0.5) is 0 Å². The first-order valence-electron chi connectivity index (χ1n) is 5.49. The Labute approximate surface area is 116 Å². The lowest BCUT2D eigenvalue weighted by atomic mass is 9.91. The molecule has 0 amide bonds. The third-order valence-corrected chi connectivity index (χ3v) is 5.30. The number of carboxylic acid groups (broad SMARTS) is 1. The number of rotatable bonds is 2. The Bertz CT molecular complexity index is 608. The highest BCUT2D eigenvalue weighted by molar-refractivity contribution is 7.23. The zero-order valence-corrected chi connectivity index (χ0v) is 11.6. The van der Waals surface area contributed by atoms with Crippen LogP contribution < -0.4 is 0 Å². The molecule has 4 nitrogen and oxygen atoms in total. The molecule has 0 aromatic carbocycles. The maximum absolute atomic E-state index is 11.2. The second-order valence-electron chi connectivity index (χ2n) is 4.08. The third-order valence-electron chi connectivity index (χ3n) is 2.91. The summed E-state index contributed by atoms with van der Waals surface area (Å²) in [5, 5.41) is 10.7. The van der Waals surface area contributed by atoms with Gasteiger partial charge in [-0.25, -0.2) is 9.97 Å². The predicted molar refractivity (Wildman–Crippen MR) is 71.5 cm³/mol. The maximum atomic E-state index is 11.2. The number of halogens is 1. The number of nitrogens with zero attached hydrogens (tertiary/aromatic N) is 2. The number of hydrogen-bond donors (Lipinski definition) is 1. The zero-order chi connectivity index (χ0) is 12.7. The van der Waals surface area contributed by atoms with E-state index in [0.717, 1.165) is 33.4 Å². The van der Waals surface area contributed by atoms with Gasteiger partial charge in [-0.05, 0) is 19.3 Å². The quantitative estimate of drug-likeness (QED) is 0.923. The van der Waals surface area contributed by atoms with Crippen molar-refractivity contribution in [3.8, 4) is 10.0 Å². The largest absolute Gasteiger partial charge is 0.481 e. The van der Waals surface area contributed by atoms with Gasteiger partial charge in [-0.3, -0.25) is 4.79 Å². The van der Waals surface area contributed by atoms with E-state index in [4.69, 9.17) is 11.6 Å². The van der Waals surface area contributed by atoms with Crippen LogP contribution in [0.3, 0.4) is 0 Å². The highest BCUT2D eigenvalue weighted by Gasteiger charge is 2.30. The topological polar surface area (TPSA) is 63.1 Å². The fraction of sp³-hybridized carbons (Fsp3) is 0.364. The summed E-state index contributed by atoms with van der Waals surface area (Å²) in [4.78, 5) is 20.9. The van der Waals surface area contributed by atoms with E-state index in [-0.39, 0.29) is 0 Å². The predicted octanol–water partition coefficient (Wildman–Crippen LogP) is 3.42. The lowest BCUT2D eigenvalue weighted by Gasteiger charge is -2.16. The third kappa shape index (κ3) is 2.04. The van der Waals surface area contributed by atoms with Gasteiger partial charge >= 0.3 is 5.97 Å². The van der Waals surface area contributed by atoms with Crippen molar-refractivity contribution in [3.63, 3.8) is 0 Å². The van der Waals surface area contributed by atoms with Crippen LogP contribution >= 0.6 is 34.3 Å². The van der Waals surface area contributed by atoms with Crippen molar-refractivity contribution in [1.29, 1.82) is 0 Å². The van der Waals surface area contributed by atoms with Gasteiger partial charge in [0.1, 0.15) is 10.3 Å². The molecule has 0 saturated heterocycles. The van der Waals surface area contributed by atoms with Gasteiger partial charge in [0.05, 0.1) is 11.9 Å². The Hall–Kier alpha value is -0.980. The molecule has 2 heterocycles. The van der Waals surface area contributed by atoms with Crippen LogP contribution in [0.15, 0.2) is 6.20 Å². The lowest BCUT2D eigenvalue weighted by molar-refractivity contribution is -0.139. The van der Waals surface area contributed by atoms with E-state index in [0.29, 0.717) is 10.8 Å². The molecule has 1 N–H and O–H groups in total. The van der Waals surface area contributed by atoms with E-state index in [1.807, 2.05) is 0 Å². The van der Waals surface area contributed by atoms with Gasteiger partial charge in [0.25, 0.3) is 0 Å². The van der Waals surface area contributed by atoms with Crippen molar-refractivity contribution in [2.45, 2.75) is 25.2 Å². The van der Waals surface area contributed by atoms with Crippen molar-refractivity contribution in [2.75, 3.05) is 0 Å². The molecule has 18 heavy (non-hydrogen) atoms. The number of aromatic nitrogens is 2. The van der Waals surface area contributed by atoms with Crippen LogP contribution in [-0.2, 0) is 11.2 Å². The van der Waals surface area contributed by atoms with Gasteiger partial charge in [-0.2, -0.15) is 0 Å². The summed E-state index contributed by atoms with van der Waals surface area (Å²) in [5.41, 5.74) is 0.722. The molecule has 2 aromatic heterocycles. The minimum absolute atomic E-state index is 0.464. The smallest absolute Gasteiger partial charge is 0.312 e. The Morgan fingerprint density at radius 3 is 2.94 bits per heavy atom. The second kappa shape index (κ2) is 4.60. The van der Waals surface area contributed by atoms with E-state index in [2.05, 4.69) is 9.97 Å². The average molecular weight is 301 g/mol. The van der Waals surface area contributed by atoms with Crippen LogP contribution in [-0.4, -0.2) is 21.0 Å². The molecule has 0 fully saturated rings. The van der Waals surface area contributed by atoms with Gasteiger partial charge in [-0.15, -0.1) is 11.3 Å². The van der Waals surface area contributed by atoms with Crippen molar-refractivity contribution in [1.82, 2.24) is 9.97 Å². The first kappa shape index (κ1) is 12.1. The summed E-state index contributed by atoms with van der Waals surface area (Å²) < 4.78 is 0.618. The molecule has 0 aliphatic heterocycles. The molecule has 1 aliphatic rings. The Morgan fingerprint density at radius 1 is 1.44 bits per heavy atom. The molecular weight excluding hydrogens is 292 g/mol. The van der Waals surface area contributed by atoms with Gasteiger partial charge in [0.15, 0.2) is 10.0 Å². The summed E-state index contributed by atoms with van der Waals surface area (Å²) in [6.45, 7) is 0. The second-order valence-corrected chi connectivity index (χ2v) is 6.83. The summed E-state index contributed by atoms with van der Waals surface area (Å²) in [7, 11) is 0. The molecule has 7 heteroatoms. The Morgan fingerprint density at radius 2 is 2.28 bits per heavy atom. The molecule has 2 aromatic rings.